The molecular weight excluding hydrogens is 254 g/mol. The van der Waals surface area contributed by atoms with Crippen molar-refractivity contribution in [2.24, 2.45) is 5.73 Å². The minimum atomic E-state index is -0.266. The van der Waals surface area contributed by atoms with Crippen LogP contribution in [0.5, 0.6) is 0 Å². The van der Waals surface area contributed by atoms with Gasteiger partial charge in [0.05, 0.1) is 18.8 Å². The SMILES string of the molecule is CC(NC(=O)c1cn[nH]n1)c1ccc(C#CCN)cc1. The van der Waals surface area contributed by atoms with Crippen LogP contribution >= 0.6 is 0 Å². The summed E-state index contributed by atoms with van der Waals surface area (Å²) in [5.74, 6) is 5.48. The van der Waals surface area contributed by atoms with E-state index in [-0.39, 0.29) is 17.6 Å². The van der Waals surface area contributed by atoms with Gasteiger partial charge >= 0.3 is 0 Å². The fraction of sp³-hybridized carbons (Fsp3) is 0.214. The highest BCUT2D eigenvalue weighted by atomic mass is 16.2. The lowest BCUT2D eigenvalue weighted by molar-refractivity contribution is 0.0935. The van der Waals surface area contributed by atoms with Gasteiger partial charge in [-0.2, -0.15) is 15.4 Å². The van der Waals surface area contributed by atoms with Crippen molar-refractivity contribution in [2.45, 2.75) is 13.0 Å². The lowest BCUT2D eigenvalue weighted by Gasteiger charge is -2.13. The third kappa shape index (κ3) is 3.43. The largest absolute Gasteiger partial charge is 0.344 e. The molecule has 1 unspecified atom stereocenters. The topological polar surface area (TPSA) is 96.7 Å². The number of hydrogen-bond acceptors (Lipinski definition) is 4. The van der Waals surface area contributed by atoms with E-state index < -0.39 is 0 Å². The first kappa shape index (κ1) is 13.8. The van der Waals surface area contributed by atoms with Crippen LogP contribution in [0.1, 0.15) is 34.6 Å². The summed E-state index contributed by atoms with van der Waals surface area (Å²) >= 11 is 0. The molecule has 1 aromatic carbocycles. The van der Waals surface area contributed by atoms with Crippen molar-refractivity contribution in [1.82, 2.24) is 20.7 Å². The third-order valence-corrected chi connectivity index (χ3v) is 2.74. The summed E-state index contributed by atoms with van der Waals surface area (Å²) in [7, 11) is 0. The molecule has 4 N–H and O–H groups in total. The molecule has 0 aliphatic rings. The number of amides is 1. The Morgan fingerprint density at radius 3 is 2.80 bits per heavy atom. The van der Waals surface area contributed by atoms with Gasteiger partial charge in [-0.3, -0.25) is 4.79 Å². The number of carbonyl (C=O) groups excluding carboxylic acids is 1. The van der Waals surface area contributed by atoms with Crippen molar-refractivity contribution in [2.75, 3.05) is 6.54 Å². The number of nitrogens with two attached hydrogens (primary N) is 1. The first-order chi connectivity index (χ1) is 9.70. The highest BCUT2D eigenvalue weighted by molar-refractivity contribution is 5.92. The van der Waals surface area contributed by atoms with Crippen LogP contribution in [0.15, 0.2) is 30.5 Å². The molecular formula is C14H15N5O. The molecule has 0 spiro atoms. The minimum absolute atomic E-state index is 0.129. The van der Waals surface area contributed by atoms with Gasteiger partial charge in [0.1, 0.15) is 0 Å². The smallest absolute Gasteiger partial charge is 0.273 e. The van der Waals surface area contributed by atoms with E-state index in [4.69, 9.17) is 5.73 Å². The van der Waals surface area contributed by atoms with Crippen LogP contribution in [-0.2, 0) is 0 Å². The molecule has 0 aliphatic heterocycles. The van der Waals surface area contributed by atoms with Gasteiger partial charge in [-0.25, -0.2) is 0 Å². The summed E-state index contributed by atoms with van der Waals surface area (Å²) < 4.78 is 0. The van der Waals surface area contributed by atoms with Crippen LogP contribution in [0.3, 0.4) is 0 Å². The number of aromatic nitrogens is 3. The number of benzene rings is 1. The molecule has 20 heavy (non-hydrogen) atoms. The molecule has 0 saturated heterocycles. The standard InChI is InChI=1S/C14H15N5O/c1-10(17-14(20)13-9-16-19-18-13)12-6-4-11(5-7-12)3-2-8-15/h4-7,9-10H,8,15H2,1H3,(H,17,20)(H,16,18,19). The number of hydrogen-bond donors (Lipinski definition) is 3. The summed E-state index contributed by atoms with van der Waals surface area (Å²) in [4.78, 5) is 11.8. The Balaban J connectivity index is 2.02. The van der Waals surface area contributed by atoms with E-state index in [1.165, 1.54) is 6.20 Å². The Bertz CT molecular complexity index is 622. The van der Waals surface area contributed by atoms with Crippen LogP contribution in [-0.4, -0.2) is 27.9 Å². The quantitative estimate of drug-likeness (QED) is 0.711. The van der Waals surface area contributed by atoms with E-state index in [9.17, 15) is 4.79 Å². The van der Waals surface area contributed by atoms with Gasteiger partial charge in [0.25, 0.3) is 5.91 Å². The zero-order valence-electron chi connectivity index (χ0n) is 11.1. The maximum Gasteiger partial charge on any atom is 0.273 e. The third-order valence-electron chi connectivity index (χ3n) is 2.74. The van der Waals surface area contributed by atoms with Crippen molar-refractivity contribution < 1.29 is 4.79 Å². The first-order valence-electron chi connectivity index (χ1n) is 6.16. The van der Waals surface area contributed by atoms with Gasteiger partial charge in [-0.15, -0.1) is 0 Å². The van der Waals surface area contributed by atoms with E-state index in [0.29, 0.717) is 6.54 Å². The number of rotatable bonds is 3. The highest BCUT2D eigenvalue weighted by Crippen LogP contribution is 2.13. The Labute approximate surface area is 116 Å². The number of nitrogens with one attached hydrogen (secondary N) is 2. The van der Waals surface area contributed by atoms with E-state index in [0.717, 1.165) is 11.1 Å². The van der Waals surface area contributed by atoms with Crippen molar-refractivity contribution in [1.29, 1.82) is 0 Å². The second-order valence-corrected chi connectivity index (χ2v) is 4.18. The molecule has 2 rings (SSSR count). The van der Waals surface area contributed by atoms with Crippen LogP contribution in [0.25, 0.3) is 0 Å². The molecule has 1 heterocycles. The molecule has 0 fully saturated rings. The first-order valence-corrected chi connectivity index (χ1v) is 6.16. The van der Waals surface area contributed by atoms with E-state index >= 15 is 0 Å². The molecule has 6 nitrogen and oxygen atoms in total. The lowest BCUT2D eigenvalue weighted by atomic mass is 10.1. The van der Waals surface area contributed by atoms with Crippen LogP contribution < -0.4 is 11.1 Å². The minimum Gasteiger partial charge on any atom is -0.344 e. The summed E-state index contributed by atoms with van der Waals surface area (Å²) in [6.07, 6.45) is 1.38. The van der Waals surface area contributed by atoms with Gasteiger partial charge in [0.15, 0.2) is 5.69 Å². The van der Waals surface area contributed by atoms with E-state index in [1.54, 1.807) is 0 Å². The zero-order chi connectivity index (χ0) is 14.4. The van der Waals surface area contributed by atoms with Gasteiger partial charge in [-0.05, 0) is 24.6 Å². The van der Waals surface area contributed by atoms with Crippen LogP contribution in [0, 0.1) is 11.8 Å². The molecule has 0 radical (unpaired) electrons. The number of aromatic amines is 1. The number of nitrogens with zero attached hydrogens (tertiary/aromatic N) is 2. The number of H-pyrrole nitrogens is 1. The van der Waals surface area contributed by atoms with Gasteiger partial charge in [0, 0.05) is 5.56 Å². The normalized spacial score (nSPS) is 11.3. The summed E-state index contributed by atoms with van der Waals surface area (Å²) in [6.45, 7) is 2.24. The molecule has 2 aromatic rings. The molecule has 0 bridgehead atoms. The molecule has 102 valence electrons. The number of carbonyl (C=O) groups is 1. The maximum atomic E-state index is 11.8. The maximum absolute atomic E-state index is 11.8. The Hall–Kier alpha value is -2.65. The van der Waals surface area contributed by atoms with Crippen molar-refractivity contribution in [3.63, 3.8) is 0 Å². The second-order valence-electron chi connectivity index (χ2n) is 4.18. The molecule has 0 saturated carbocycles. The summed E-state index contributed by atoms with van der Waals surface area (Å²) in [6, 6.07) is 7.52. The fourth-order valence-electron chi connectivity index (χ4n) is 1.67. The second kappa shape index (κ2) is 6.50. The molecule has 1 amide bonds. The monoisotopic (exact) mass is 269 g/mol. The van der Waals surface area contributed by atoms with Gasteiger partial charge < -0.3 is 11.1 Å². The Morgan fingerprint density at radius 2 is 2.20 bits per heavy atom. The Kier molecular flexibility index (Phi) is 4.47. The zero-order valence-corrected chi connectivity index (χ0v) is 11.1. The predicted octanol–water partition coefficient (Wildman–Crippen LogP) is 0.606. The summed E-state index contributed by atoms with van der Waals surface area (Å²) in [5, 5.41) is 12.6. The average Bonchev–Trinajstić information content (AvgIpc) is 3.00. The van der Waals surface area contributed by atoms with Crippen LogP contribution in [0.4, 0.5) is 0 Å². The molecule has 6 heteroatoms. The van der Waals surface area contributed by atoms with Gasteiger partial charge in [-0.1, -0.05) is 24.0 Å². The van der Waals surface area contributed by atoms with E-state index in [2.05, 4.69) is 32.6 Å². The molecule has 1 atom stereocenters. The molecule has 0 aliphatic carbocycles. The highest BCUT2D eigenvalue weighted by Gasteiger charge is 2.13. The summed E-state index contributed by atoms with van der Waals surface area (Å²) in [5.41, 5.74) is 7.47. The van der Waals surface area contributed by atoms with Crippen molar-refractivity contribution in [3.8, 4) is 11.8 Å². The van der Waals surface area contributed by atoms with Crippen LogP contribution in [0.2, 0.25) is 0 Å². The fourth-order valence-corrected chi connectivity index (χ4v) is 1.67. The lowest BCUT2D eigenvalue weighted by Crippen LogP contribution is -2.26. The predicted molar refractivity (Wildman–Crippen MR) is 74.6 cm³/mol. The average molecular weight is 269 g/mol. The Morgan fingerprint density at radius 1 is 1.45 bits per heavy atom. The van der Waals surface area contributed by atoms with Crippen molar-refractivity contribution >= 4 is 5.91 Å². The molecule has 1 aromatic heterocycles. The van der Waals surface area contributed by atoms with Crippen molar-refractivity contribution in [3.05, 3.63) is 47.3 Å². The van der Waals surface area contributed by atoms with Gasteiger partial charge in [0.2, 0.25) is 0 Å². The van der Waals surface area contributed by atoms with E-state index in [1.807, 2.05) is 31.2 Å².